The van der Waals surface area contributed by atoms with Crippen molar-refractivity contribution in [3.05, 3.63) is 29.3 Å². The number of nitrogens with two attached hydrogens (primary N) is 1. The van der Waals surface area contributed by atoms with E-state index in [0.29, 0.717) is 13.0 Å². The lowest BCUT2D eigenvalue weighted by Gasteiger charge is -2.21. The molecule has 86 valence electrons. The molecule has 1 aromatic rings. The summed E-state index contributed by atoms with van der Waals surface area (Å²) < 4.78 is 0. The number of hydrogen-bond donors (Lipinski definition) is 2. The summed E-state index contributed by atoms with van der Waals surface area (Å²) in [7, 11) is 0. The molecule has 4 heteroatoms. The van der Waals surface area contributed by atoms with Gasteiger partial charge in [-0.15, -0.1) is 0 Å². The van der Waals surface area contributed by atoms with Gasteiger partial charge in [0.05, 0.1) is 12.3 Å². The first-order valence-corrected chi connectivity index (χ1v) is 5.38. The first-order valence-electron chi connectivity index (χ1n) is 5.38. The maximum absolute atomic E-state index is 11.8. The van der Waals surface area contributed by atoms with Gasteiger partial charge in [-0.25, -0.2) is 0 Å². The van der Waals surface area contributed by atoms with Crippen molar-refractivity contribution in [2.75, 3.05) is 11.4 Å². The number of benzene rings is 1. The Hall–Kier alpha value is -1.39. The summed E-state index contributed by atoms with van der Waals surface area (Å²) in [5.74, 6) is 0.0384. The maximum Gasteiger partial charge on any atom is 0.228 e. The maximum atomic E-state index is 11.8. The van der Waals surface area contributed by atoms with Gasteiger partial charge in [0.15, 0.2) is 0 Å². The molecule has 1 atom stereocenters. The van der Waals surface area contributed by atoms with Crippen LogP contribution in [-0.2, 0) is 11.4 Å². The van der Waals surface area contributed by atoms with Crippen molar-refractivity contribution in [1.29, 1.82) is 0 Å². The number of rotatable bonds is 2. The number of nitrogens with zero attached hydrogens (tertiary/aromatic N) is 1. The number of aliphatic hydroxyl groups is 1. The summed E-state index contributed by atoms with van der Waals surface area (Å²) >= 11 is 0. The summed E-state index contributed by atoms with van der Waals surface area (Å²) in [5.41, 5.74) is 8.37. The third-order valence-electron chi connectivity index (χ3n) is 2.92. The van der Waals surface area contributed by atoms with Crippen LogP contribution >= 0.6 is 0 Å². The van der Waals surface area contributed by atoms with Gasteiger partial charge in [0.2, 0.25) is 5.91 Å². The molecule has 1 saturated heterocycles. The number of para-hydroxylation sites is 1. The van der Waals surface area contributed by atoms with Crippen LogP contribution in [0.2, 0.25) is 0 Å². The Morgan fingerprint density at radius 1 is 1.56 bits per heavy atom. The molecule has 0 aromatic heterocycles. The van der Waals surface area contributed by atoms with Gasteiger partial charge in [0.1, 0.15) is 0 Å². The van der Waals surface area contributed by atoms with E-state index >= 15 is 0 Å². The molecule has 1 aliphatic rings. The number of aliphatic hydroxyl groups excluding tert-OH is 1. The van der Waals surface area contributed by atoms with Gasteiger partial charge >= 0.3 is 0 Å². The number of aryl methyl sites for hydroxylation is 1. The van der Waals surface area contributed by atoms with Crippen LogP contribution in [0.15, 0.2) is 18.2 Å². The fourth-order valence-corrected chi connectivity index (χ4v) is 2.18. The molecular weight excluding hydrogens is 204 g/mol. The van der Waals surface area contributed by atoms with E-state index in [0.717, 1.165) is 16.8 Å². The second kappa shape index (κ2) is 4.23. The van der Waals surface area contributed by atoms with E-state index < -0.39 is 0 Å². The second-order valence-electron chi connectivity index (χ2n) is 4.21. The van der Waals surface area contributed by atoms with Gasteiger partial charge in [-0.3, -0.25) is 4.79 Å². The Morgan fingerprint density at radius 3 is 2.88 bits per heavy atom. The van der Waals surface area contributed by atoms with Crippen LogP contribution in [0.25, 0.3) is 0 Å². The minimum atomic E-state index is -0.0985. The Kier molecular flexibility index (Phi) is 2.94. The third kappa shape index (κ3) is 1.81. The Morgan fingerprint density at radius 2 is 2.31 bits per heavy atom. The molecule has 0 spiro atoms. The van der Waals surface area contributed by atoms with Gasteiger partial charge in [-0.05, 0) is 12.5 Å². The topological polar surface area (TPSA) is 66.6 Å². The number of carbonyl (C=O) groups excluding carboxylic acids is 1. The molecule has 0 saturated carbocycles. The van der Waals surface area contributed by atoms with Crippen LogP contribution in [0.5, 0.6) is 0 Å². The highest BCUT2D eigenvalue weighted by Gasteiger charge is 2.30. The van der Waals surface area contributed by atoms with Crippen LogP contribution in [0, 0.1) is 6.92 Å². The minimum absolute atomic E-state index is 0.0384. The molecule has 16 heavy (non-hydrogen) atoms. The molecule has 3 N–H and O–H groups in total. The van der Waals surface area contributed by atoms with Gasteiger partial charge in [0.25, 0.3) is 0 Å². The molecule has 1 amide bonds. The molecule has 0 radical (unpaired) electrons. The molecule has 2 rings (SSSR count). The number of amides is 1. The van der Waals surface area contributed by atoms with Crippen molar-refractivity contribution in [1.82, 2.24) is 0 Å². The van der Waals surface area contributed by atoms with Crippen LogP contribution in [0.3, 0.4) is 0 Å². The molecule has 1 heterocycles. The summed E-state index contributed by atoms with van der Waals surface area (Å²) in [6, 6.07) is 5.55. The zero-order chi connectivity index (χ0) is 11.7. The van der Waals surface area contributed by atoms with E-state index in [1.54, 1.807) is 4.90 Å². The van der Waals surface area contributed by atoms with Gasteiger partial charge < -0.3 is 15.7 Å². The molecule has 4 nitrogen and oxygen atoms in total. The van der Waals surface area contributed by atoms with Gasteiger partial charge in [-0.2, -0.15) is 0 Å². The summed E-state index contributed by atoms with van der Waals surface area (Å²) in [6.07, 6.45) is 0.388. The predicted octanol–water partition coefficient (Wildman–Crippen LogP) is 0.551. The largest absolute Gasteiger partial charge is 0.392 e. The summed E-state index contributed by atoms with van der Waals surface area (Å²) in [6.45, 7) is 2.42. The Bertz CT molecular complexity index is 417. The van der Waals surface area contributed by atoms with Crippen LogP contribution in [0.4, 0.5) is 5.69 Å². The van der Waals surface area contributed by atoms with Crippen LogP contribution in [0.1, 0.15) is 17.5 Å². The fraction of sp³-hybridized carbons (Fsp3) is 0.417. The van der Waals surface area contributed by atoms with Gasteiger partial charge in [-0.1, -0.05) is 18.2 Å². The standard InChI is InChI=1S/C12H16N2O2/c1-8-3-2-4-9(7-15)12(8)14-6-10(13)5-11(14)16/h2-4,10,15H,5-7,13H2,1H3. The van der Waals surface area contributed by atoms with E-state index in [1.165, 1.54) is 0 Å². The molecule has 0 bridgehead atoms. The van der Waals surface area contributed by atoms with Crippen molar-refractivity contribution in [2.45, 2.75) is 26.0 Å². The predicted molar refractivity (Wildman–Crippen MR) is 62.0 cm³/mol. The highest BCUT2D eigenvalue weighted by Crippen LogP contribution is 2.28. The monoisotopic (exact) mass is 220 g/mol. The number of carbonyl (C=O) groups is 1. The summed E-state index contributed by atoms with van der Waals surface area (Å²) in [5, 5.41) is 9.29. The molecule has 1 fully saturated rings. The van der Waals surface area contributed by atoms with E-state index in [-0.39, 0.29) is 18.6 Å². The van der Waals surface area contributed by atoms with Crippen molar-refractivity contribution in [3.8, 4) is 0 Å². The highest BCUT2D eigenvalue weighted by atomic mass is 16.3. The number of hydrogen-bond acceptors (Lipinski definition) is 3. The lowest BCUT2D eigenvalue weighted by molar-refractivity contribution is -0.117. The molecule has 1 aromatic carbocycles. The fourth-order valence-electron chi connectivity index (χ4n) is 2.18. The van der Waals surface area contributed by atoms with Crippen molar-refractivity contribution in [2.24, 2.45) is 5.73 Å². The van der Waals surface area contributed by atoms with Crippen molar-refractivity contribution < 1.29 is 9.90 Å². The van der Waals surface area contributed by atoms with E-state index in [9.17, 15) is 9.90 Å². The SMILES string of the molecule is Cc1cccc(CO)c1N1CC(N)CC1=O. The Balaban J connectivity index is 2.43. The van der Waals surface area contributed by atoms with E-state index in [4.69, 9.17) is 5.73 Å². The first-order chi connectivity index (χ1) is 7.63. The third-order valence-corrected chi connectivity index (χ3v) is 2.92. The lowest BCUT2D eigenvalue weighted by atomic mass is 10.1. The molecular formula is C12H16N2O2. The average Bonchev–Trinajstić information content (AvgIpc) is 2.57. The van der Waals surface area contributed by atoms with Gasteiger partial charge in [0, 0.05) is 24.6 Å². The van der Waals surface area contributed by atoms with Crippen LogP contribution < -0.4 is 10.6 Å². The molecule has 0 aliphatic carbocycles. The molecule has 1 unspecified atom stereocenters. The van der Waals surface area contributed by atoms with E-state index in [1.807, 2.05) is 25.1 Å². The minimum Gasteiger partial charge on any atom is -0.392 e. The second-order valence-corrected chi connectivity index (χ2v) is 4.21. The van der Waals surface area contributed by atoms with Crippen LogP contribution in [-0.4, -0.2) is 23.6 Å². The smallest absolute Gasteiger partial charge is 0.228 e. The first kappa shape index (κ1) is 11.1. The average molecular weight is 220 g/mol. The quantitative estimate of drug-likeness (QED) is 0.765. The zero-order valence-electron chi connectivity index (χ0n) is 9.31. The summed E-state index contributed by atoms with van der Waals surface area (Å²) in [4.78, 5) is 13.5. The molecule has 1 aliphatic heterocycles. The van der Waals surface area contributed by atoms with Crippen molar-refractivity contribution >= 4 is 11.6 Å². The van der Waals surface area contributed by atoms with Crippen molar-refractivity contribution in [3.63, 3.8) is 0 Å². The van der Waals surface area contributed by atoms with E-state index in [2.05, 4.69) is 0 Å². The zero-order valence-corrected chi connectivity index (χ0v) is 9.31. The lowest BCUT2D eigenvalue weighted by Crippen LogP contribution is -2.29. The normalized spacial score (nSPS) is 20.6. The number of anilines is 1. The Labute approximate surface area is 94.7 Å². The highest BCUT2D eigenvalue weighted by molar-refractivity contribution is 5.97.